The van der Waals surface area contributed by atoms with E-state index in [-0.39, 0.29) is 0 Å². The summed E-state index contributed by atoms with van der Waals surface area (Å²) in [6.45, 7) is 0.719. The fourth-order valence-corrected chi connectivity index (χ4v) is 1.99. The predicted molar refractivity (Wildman–Crippen MR) is 74.8 cm³/mol. The highest BCUT2D eigenvalue weighted by Gasteiger charge is 2.06. The van der Waals surface area contributed by atoms with E-state index in [9.17, 15) is 0 Å². The van der Waals surface area contributed by atoms with E-state index >= 15 is 0 Å². The lowest BCUT2D eigenvalue weighted by molar-refractivity contribution is 0.714. The van der Waals surface area contributed by atoms with Gasteiger partial charge in [0.25, 0.3) is 0 Å². The zero-order valence-corrected chi connectivity index (χ0v) is 11.4. The molecule has 0 saturated carbocycles. The summed E-state index contributed by atoms with van der Waals surface area (Å²) in [6.07, 6.45) is 3.64. The maximum Gasteiger partial charge on any atom is 0.181 e. The fraction of sp³-hybridized carbons (Fsp3) is 0.231. The molecule has 0 amide bonds. The van der Waals surface area contributed by atoms with Crippen LogP contribution < -0.4 is 5.32 Å². The Kier molecular flexibility index (Phi) is 3.16. The van der Waals surface area contributed by atoms with Crippen molar-refractivity contribution in [3.05, 3.63) is 42.5 Å². The molecule has 20 heavy (non-hydrogen) atoms. The third-order valence-electron chi connectivity index (χ3n) is 3.13. The van der Waals surface area contributed by atoms with Crippen LogP contribution >= 0.6 is 0 Å². The van der Waals surface area contributed by atoms with Crippen molar-refractivity contribution in [3.63, 3.8) is 0 Å². The SMILES string of the molecule is Cn1cncc1CNc1cccc(-c2nnnn2C)c1. The first-order valence-electron chi connectivity index (χ1n) is 6.26. The van der Waals surface area contributed by atoms with Gasteiger partial charge >= 0.3 is 0 Å². The number of aryl methyl sites for hydroxylation is 2. The Hall–Kier alpha value is -2.70. The molecule has 1 aromatic carbocycles. The number of anilines is 1. The lowest BCUT2D eigenvalue weighted by Gasteiger charge is -2.08. The summed E-state index contributed by atoms with van der Waals surface area (Å²) in [5.74, 6) is 0.745. The molecule has 3 rings (SSSR count). The topological polar surface area (TPSA) is 73.5 Å². The number of hydrogen-bond donors (Lipinski definition) is 1. The zero-order chi connectivity index (χ0) is 13.9. The number of imidazole rings is 1. The molecular weight excluding hydrogens is 254 g/mol. The summed E-state index contributed by atoms with van der Waals surface area (Å²) < 4.78 is 3.64. The van der Waals surface area contributed by atoms with Crippen LogP contribution in [0.1, 0.15) is 5.69 Å². The minimum atomic E-state index is 0.719. The number of nitrogens with zero attached hydrogens (tertiary/aromatic N) is 6. The second-order valence-corrected chi connectivity index (χ2v) is 4.56. The van der Waals surface area contributed by atoms with E-state index in [0.717, 1.165) is 29.3 Å². The highest BCUT2D eigenvalue weighted by molar-refractivity contribution is 5.62. The highest BCUT2D eigenvalue weighted by atomic mass is 15.5. The Morgan fingerprint density at radius 2 is 2.15 bits per heavy atom. The molecule has 7 nitrogen and oxygen atoms in total. The minimum Gasteiger partial charge on any atom is -0.379 e. The maximum atomic E-state index is 4.10. The van der Waals surface area contributed by atoms with Crippen molar-refractivity contribution < 1.29 is 0 Å². The lowest BCUT2D eigenvalue weighted by Crippen LogP contribution is -2.04. The average Bonchev–Trinajstić information content (AvgIpc) is 3.05. The Morgan fingerprint density at radius 3 is 2.85 bits per heavy atom. The molecule has 3 aromatic rings. The lowest BCUT2D eigenvalue weighted by atomic mass is 10.2. The normalized spacial score (nSPS) is 10.7. The zero-order valence-electron chi connectivity index (χ0n) is 11.4. The molecule has 102 valence electrons. The molecule has 0 unspecified atom stereocenters. The number of tetrazole rings is 1. The van der Waals surface area contributed by atoms with E-state index in [2.05, 4.69) is 25.8 Å². The van der Waals surface area contributed by atoms with Crippen molar-refractivity contribution in [2.45, 2.75) is 6.54 Å². The predicted octanol–water partition coefficient (Wildman–Crippen LogP) is 1.22. The molecule has 2 heterocycles. The Bertz CT molecular complexity index is 713. The summed E-state index contributed by atoms with van der Waals surface area (Å²) in [5, 5.41) is 14.9. The van der Waals surface area contributed by atoms with Crippen molar-refractivity contribution in [1.29, 1.82) is 0 Å². The Balaban J connectivity index is 1.78. The van der Waals surface area contributed by atoms with Crippen LogP contribution in [0.4, 0.5) is 5.69 Å². The third-order valence-corrected chi connectivity index (χ3v) is 3.13. The van der Waals surface area contributed by atoms with E-state index in [0.29, 0.717) is 0 Å². The highest BCUT2D eigenvalue weighted by Crippen LogP contribution is 2.19. The van der Waals surface area contributed by atoms with Crippen molar-refractivity contribution in [2.24, 2.45) is 14.1 Å². The van der Waals surface area contributed by atoms with Gasteiger partial charge in [0, 0.05) is 31.5 Å². The van der Waals surface area contributed by atoms with Gasteiger partial charge in [0.15, 0.2) is 5.82 Å². The number of aromatic nitrogens is 6. The van der Waals surface area contributed by atoms with Crippen LogP contribution in [0.3, 0.4) is 0 Å². The number of rotatable bonds is 4. The van der Waals surface area contributed by atoms with E-state index < -0.39 is 0 Å². The summed E-state index contributed by atoms with van der Waals surface area (Å²) >= 11 is 0. The summed E-state index contributed by atoms with van der Waals surface area (Å²) in [5.41, 5.74) is 3.12. The molecule has 0 aliphatic rings. The second-order valence-electron chi connectivity index (χ2n) is 4.56. The third kappa shape index (κ3) is 2.37. The molecule has 7 heteroatoms. The number of benzene rings is 1. The van der Waals surface area contributed by atoms with Crippen LogP contribution in [0, 0.1) is 0 Å². The summed E-state index contributed by atoms with van der Waals surface area (Å²) in [7, 11) is 3.80. The van der Waals surface area contributed by atoms with Crippen molar-refractivity contribution in [2.75, 3.05) is 5.32 Å². The van der Waals surface area contributed by atoms with E-state index in [1.54, 1.807) is 11.0 Å². The molecule has 0 saturated heterocycles. The van der Waals surface area contributed by atoms with Crippen LogP contribution in [0.5, 0.6) is 0 Å². The van der Waals surface area contributed by atoms with Gasteiger partial charge in [-0.2, -0.15) is 0 Å². The van der Waals surface area contributed by atoms with Gasteiger partial charge < -0.3 is 9.88 Å². The van der Waals surface area contributed by atoms with Crippen LogP contribution in [-0.4, -0.2) is 29.8 Å². The van der Waals surface area contributed by atoms with Gasteiger partial charge in [-0.05, 0) is 22.6 Å². The van der Waals surface area contributed by atoms with Crippen LogP contribution in [0.2, 0.25) is 0 Å². The molecule has 0 aliphatic heterocycles. The van der Waals surface area contributed by atoms with Gasteiger partial charge in [0.1, 0.15) is 0 Å². The van der Waals surface area contributed by atoms with Gasteiger partial charge in [0.05, 0.1) is 18.6 Å². The standard InChI is InChI=1S/C13H15N7/c1-19-9-14-7-12(19)8-15-11-5-3-4-10(6-11)13-16-17-18-20(13)2/h3-7,9,15H,8H2,1-2H3. The van der Waals surface area contributed by atoms with E-state index in [1.165, 1.54) is 0 Å². The molecule has 0 radical (unpaired) electrons. The molecule has 1 N–H and O–H groups in total. The van der Waals surface area contributed by atoms with Gasteiger partial charge in [-0.1, -0.05) is 12.1 Å². The monoisotopic (exact) mass is 269 g/mol. The quantitative estimate of drug-likeness (QED) is 0.771. The summed E-state index contributed by atoms with van der Waals surface area (Å²) in [4.78, 5) is 4.10. The molecule has 0 aliphatic carbocycles. The van der Waals surface area contributed by atoms with E-state index in [1.807, 2.05) is 49.1 Å². The number of nitrogens with one attached hydrogen (secondary N) is 1. The van der Waals surface area contributed by atoms with E-state index in [4.69, 9.17) is 0 Å². The van der Waals surface area contributed by atoms with Gasteiger partial charge in [-0.15, -0.1) is 5.10 Å². The first-order chi connectivity index (χ1) is 9.74. The molecule has 0 spiro atoms. The van der Waals surface area contributed by atoms with Gasteiger partial charge in [-0.25, -0.2) is 9.67 Å². The second kappa shape index (κ2) is 5.12. The Labute approximate surface area is 116 Å². The average molecular weight is 269 g/mol. The van der Waals surface area contributed by atoms with Crippen LogP contribution in [-0.2, 0) is 20.6 Å². The van der Waals surface area contributed by atoms with Crippen molar-refractivity contribution in [3.8, 4) is 11.4 Å². The maximum absolute atomic E-state index is 4.10. The molecule has 0 bridgehead atoms. The Morgan fingerprint density at radius 1 is 1.25 bits per heavy atom. The van der Waals surface area contributed by atoms with Crippen LogP contribution in [0.25, 0.3) is 11.4 Å². The van der Waals surface area contributed by atoms with Crippen molar-refractivity contribution in [1.82, 2.24) is 29.8 Å². The van der Waals surface area contributed by atoms with Crippen molar-refractivity contribution >= 4 is 5.69 Å². The fourth-order valence-electron chi connectivity index (χ4n) is 1.99. The minimum absolute atomic E-state index is 0.719. The molecule has 0 atom stereocenters. The van der Waals surface area contributed by atoms with Gasteiger partial charge in [-0.3, -0.25) is 0 Å². The van der Waals surface area contributed by atoms with Gasteiger partial charge in [0.2, 0.25) is 0 Å². The van der Waals surface area contributed by atoms with Crippen LogP contribution in [0.15, 0.2) is 36.8 Å². The largest absolute Gasteiger partial charge is 0.379 e. The summed E-state index contributed by atoms with van der Waals surface area (Å²) in [6, 6.07) is 8.02. The molecule has 2 aromatic heterocycles. The molecule has 0 fully saturated rings. The first kappa shape index (κ1) is 12.3. The molecular formula is C13H15N7. The smallest absolute Gasteiger partial charge is 0.181 e. The first-order valence-corrected chi connectivity index (χ1v) is 6.26. The number of hydrogen-bond acceptors (Lipinski definition) is 5.